The van der Waals surface area contributed by atoms with E-state index < -0.39 is 51.6 Å². The van der Waals surface area contributed by atoms with E-state index in [1.807, 2.05) is 5.32 Å². The van der Waals surface area contributed by atoms with Crippen LogP contribution in [0.1, 0.15) is 16.7 Å². The molecular weight excluding hydrogens is 526 g/mol. The van der Waals surface area contributed by atoms with Crippen molar-refractivity contribution in [3.05, 3.63) is 83.4 Å². The predicted octanol–water partition coefficient (Wildman–Crippen LogP) is 5.88. The van der Waals surface area contributed by atoms with Gasteiger partial charge in [-0.3, -0.25) is 9.10 Å². The monoisotopic (exact) mass is 546 g/mol. The Kier molecular flexibility index (Phi) is 7.77. The van der Waals surface area contributed by atoms with E-state index in [2.05, 4.69) is 0 Å². The second-order valence-corrected chi connectivity index (χ2v) is 9.68. The van der Waals surface area contributed by atoms with Gasteiger partial charge in [-0.05, 0) is 55.0 Å². The van der Waals surface area contributed by atoms with Gasteiger partial charge in [0.15, 0.2) is 0 Å². The fourth-order valence-corrected chi connectivity index (χ4v) is 5.04. The van der Waals surface area contributed by atoms with Crippen molar-refractivity contribution in [1.29, 1.82) is 0 Å². The summed E-state index contributed by atoms with van der Waals surface area (Å²) in [6.45, 7) is 0.672. The van der Waals surface area contributed by atoms with Crippen LogP contribution in [0, 0.1) is 6.92 Å². The minimum atomic E-state index is -5.12. The number of carbonyl (C=O) groups excluding carboxylic acids is 1. The second kappa shape index (κ2) is 10.3. The average Bonchev–Trinajstić information content (AvgIpc) is 2.81. The highest BCUT2D eigenvalue weighted by molar-refractivity contribution is 7.93. The number of halogens is 6. The van der Waals surface area contributed by atoms with Gasteiger partial charge < -0.3 is 10.1 Å². The Hall–Kier alpha value is -3.74. The van der Waals surface area contributed by atoms with E-state index in [0.29, 0.717) is 22.0 Å². The lowest BCUT2D eigenvalue weighted by Gasteiger charge is -2.25. The lowest BCUT2D eigenvalue weighted by Crippen LogP contribution is -2.38. The predicted molar refractivity (Wildman–Crippen MR) is 124 cm³/mol. The van der Waals surface area contributed by atoms with Crippen molar-refractivity contribution in [2.24, 2.45) is 0 Å². The number of benzene rings is 3. The fraction of sp³-hybridized carbons (Fsp3) is 0.208. The quantitative estimate of drug-likeness (QED) is 0.376. The number of para-hydroxylation sites is 1. The van der Waals surface area contributed by atoms with Crippen LogP contribution >= 0.6 is 0 Å². The van der Waals surface area contributed by atoms with Gasteiger partial charge >= 0.3 is 12.4 Å². The van der Waals surface area contributed by atoms with Crippen molar-refractivity contribution in [3.8, 4) is 5.75 Å². The number of amides is 1. The molecular formula is C24H20F6N2O4S. The first-order valence-electron chi connectivity index (χ1n) is 10.4. The topological polar surface area (TPSA) is 75.7 Å². The number of hydrogen-bond acceptors (Lipinski definition) is 4. The first-order chi connectivity index (χ1) is 17.1. The molecule has 1 N–H and O–H groups in total. The van der Waals surface area contributed by atoms with Crippen molar-refractivity contribution < 1.29 is 44.3 Å². The molecule has 0 atom stereocenters. The van der Waals surface area contributed by atoms with Gasteiger partial charge in [-0.1, -0.05) is 24.3 Å². The van der Waals surface area contributed by atoms with Crippen LogP contribution in [-0.2, 0) is 27.2 Å². The number of sulfonamides is 1. The van der Waals surface area contributed by atoms with Crippen LogP contribution in [0.25, 0.3) is 0 Å². The van der Waals surface area contributed by atoms with Crippen molar-refractivity contribution in [2.75, 3.05) is 23.3 Å². The molecule has 0 aliphatic heterocycles. The minimum Gasteiger partial charge on any atom is -0.495 e. The molecule has 198 valence electrons. The van der Waals surface area contributed by atoms with Gasteiger partial charge in [0.25, 0.3) is 10.0 Å². The Bertz CT molecular complexity index is 1360. The van der Waals surface area contributed by atoms with Gasteiger partial charge in [-0.15, -0.1) is 0 Å². The third-order valence-corrected chi connectivity index (χ3v) is 6.89. The third-order valence-electron chi connectivity index (χ3n) is 5.09. The van der Waals surface area contributed by atoms with Crippen LogP contribution in [0.2, 0.25) is 0 Å². The molecule has 3 aromatic carbocycles. The van der Waals surface area contributed by atoms with Crippen LogP contribution in [0.4, 0.5) is 37.7 Å². The number of aryl methyl sites for hydroxylation is 1. The largest absolute Gasteiger partial charge is 0.495 e. The van der Waals surface area contributed by atoms with Crippen molar-refractivity contribution >= 4 is 27.3 Å². The smallest absolute Gasteiger partial charge is 0.416 e. The SMILES string of the molecule is COc1ccc(C)cc1S(=O)(=O)N(CC(=O)Nc1cc(C(F)(F)F)cc(C(F)(F)F)c1)c1ccccc1. The summed E-state index contributed by atoms with van der Waals surface area (Å²) >= 11 is 0. The first-order valence-corrected chi connectivity index (χ1v) is 11.9. The van der Waals surface area contributed by atoms with E-state index >= 15 is 0 Å². The summed E-state index contributed by atoms with van der Waals surface area (Å²) in [4.78, 5) is 12.5. The highest BCUT2D eigenvalue weighted by Crippen LogP contribution is 2.38. The maximum Gasteiger partial charge on any atom is 0.416 e. The lowest BCUT2D eigenvalue weighted by molar-refractivity contribution is -0.143. The molecule has 0 aliphatic carbocycles. The lowest BCUT2D eigenvalue weighted by atomic mass is 10.1. The van der Waals surface area contributed by atoms with E-state index in [1.54, 1.807) is 19.1 Å². The summed E-state index contributed by atoms with van der Waals surface area (Å²) in [6.07, 6.45) is -10.2. The normalized spacial score (nSPS) is 12.2. The summed E-state index contributed by atoms with van der Waals surface area (Å²) < 4.78 is 112. The molecule has 0 fully saturated rings. The molecule has 1 amide bonds. The molecule has 0 bridgehead atoms. The molecule has 0 spiro atoms. The second-order valence-electron chi connectivity index (χ2n) is 7.84. The average molecular weight is 546 g/mol. The number of nitrogens with one attached hydrogen (secondary N) is 1. The Balaban J connectivity index is 2.02. The van der Waals surface area contributed by atoms with Crippen molar-refractivity contribution in [1.82, 2.24) is 0 Å². The number of carbonyl (C=O) groups is 1. The maximum atomic E-state index is 13.6. The minimum absolute atomic E-state index is 0.0281. The van der Waals surface area contributed by atoms with Crippen molar-refractivity contribution in [3.63, 3.8) is 0 Å². The van der Waals surface area contributed by atoms with Gasteiger partial charge in [-0.25, -0.2) is 8.42 Å². The molecule has 0 radical (unpaired) electrons. The molecule has 0 heterocycles. The highest BCUT2D eigenvalue weighted by Gasteiger charge is 2.37. The van der Waals surface area contributed by atoms with Crippen molar-refractivity contribution in [2.45, 2.75) is 24.2 Å². The number of rotatable bonds is 7. The fourth-order valence-electron chi connectivity index (χ4n) is 3.37. The summed E-state index contributed by atoms with van der Waals surface area (Å²) in [5.41, 5.74) is -3.48. The van der Waals surface area contributed by atoms with E-state index in [-0.39, 0.29) is 22.4 Å². The Morgan fingerprint density at radius 2 is 1.46 bits per heavy atom. The molecule has 0 aliphatic rings. The number of hydrogen-bond donors (Lipinski definition) is 1. The Morgan fingerprint density at radius 3 is 1.97 bits per heavy atom. The molecule has 37 heavy (non-hydrogen) atoms. The summed E-state index contributed by atoms with van der Waals surface area (Å²) in [7, 11) is -3.24. The number of alkyl halides is 6. The van der Waals surface area contributed by atoms with Gasteiger partial charge in [0, 0.05) is 5.69 Å². The molecule has 0 saturated carbocycles. The van der Waals surface area contributed by atoms with Crippen LogP contribution in [-0.4, -0.2) is 28.0 Å². The molecule has 0 aromatic heterocycles. The van der Waals surface area contributed by atoms with Crippen LogP contribution in [0.5, 0.6) is 5.75 Å². The zero-order valence-corrected chi connectivity index (χ0v) is 20.1. The molecule has 3 rings (SSSR count). The van der Waals surface area contributed by atoms with Crippen LogP contribution in [0.15, 0.2) is 71.6 Å². The summed E-state index contributed by atoms with van der Waals surface area (Å²) in [6, 6.07) is 12.2. The van der Waals surface area contributed by atoms with Gasteiger partial charge in [0.05, 0.1) is 23.9 Å². The van der Waals surface area contributed by atoms with Crippen LogP contribution in [0.3, 0.4) is 0 Å². The van der Waals surface area contributed by atoms with E-state index in [9.17, 15) is 39.6 Å². The molecule has 0 saturated heterocycles. The zero-order chi connectivity index (χ0) is 27.6. The van der Waals surface area contributed by atoms with E-state index in [0.717, 1.165) is 0 Å². The molecule has 6 nitrogen and oxygen atoms in total. The van der Waals surface area contributed by atoms with Gasteiger partial charge in [0.1, 0.15) is 17.2 Å². The summed E-state index contributed by atoms with van der Waals surface area (Å²) in [5, 5.41) is 1.95. The maximum absolute atomic E-state index is 13.6. The van der Waals surface area contributed by atoms with E-state index in [4.69, 9.17) is 4.74 Å². The van der Waals surface area contributed by atoms with E-state index in [1.165, 1.54) is 43.5 Å². The number of ether oxygens (including phenoxy) is 1. The van der Waals surface area contributed by atoms with Gasteiger partial charge in [-0.2, -0.15) is 26.3 Å². The molecule has 3 aromatic rings. The van der Waals surface area contributed by atoms with Gasteiger partial charge in [0.2, 0.25) is 5.91 Å². The molecule has 13 heteroatoms. The number of anilines is 2. The number of nitrogens with zero attached hydrogens (tertiary/aromatic N) is 1. The summed E-state index contributed by atoms with van der Waals surface area (Å²) in [5.74, 6) is -1.20. The highest BCUT2D eigenvalue weighted by atomic mass is 32.2. The third kappa shape index (κ3) is 6.53. The number of methoxy groups -OCH3 is 1. The zero-order valence-electron chi connectivity index (χ0n) is 19.3. The Morgan fingerprint density at radius 1 is 0.892 bits per heavy atom. The Labute approximate surface area is 208 Å². The van der Waals surface area contributed by atoms with Crippen LogP contribution < -0.4 is 14.4 Å². The standard InChI is InChI=1S/C24H20F6N2O4S/c1-15-8-9-20(36-2)21(10-15)37(34,35)32(19-6-4-3-5-7-19)14-22(33)31-18-12-16(23(25,26)27)11-17(13-18)24(28,29)30/h3-13H,14H2,1-2H3,(H,31,33). The molecule has 0 unspecified atom stereocenters. The first kappa shape index (κ1) is 27.8.